The molecule has 1 heterocycles. The largest absolute Gasteiger partial charge is 0.393 e. The first-order chi connectivity index (χ1) is 8.01. The maximum Gasteiger partial charge on any atom is 0.313 e. The van der Waals surface area contributed by atoms with E-state index in [1.165, 1.54) is 4.68 Å². The maximum atomic E-state index is 11.1. The van der Waals surface area contributed by atoms with E-state index in [0.717, 1.165) is 6.42 Å². The second kappa shape index (κ2) is 5.77. The van der Waals surface area contributed by atoms with Crippen molar-refractivity contribution in [3.8, 4) is 0 Å². The Balaban J connectivity index is 3.13. The molecule has 1 unspecified atom stereocenters. The number of rotatable bonds is 6. The number of aliphatic hydroxyl groups excluding tert-OH is 1. The summed E-state index contributed by atoms with van der Waals surface area (Å²) in [5.74, 6) is 0. The monoisotopic (exact) mass is 241 g/mol. The lowest BCUT2D eigenvalue weighted by Crippen LogP contribution is -2.13. The molecule has 0 aromatic carbocycles. The number of aliphatic hydroxyl groups is 1. The first kappa shape index (κ1) is 13.6. The average Bonchev–Trinajstić information content (AvgIpc) is 2.56. The lowest BCUT2D eigenvalue weighted by Gasteiger charge is -2.06. The summed E-state index contributed by atoms with van der Waals surface area (Å²) in [6.45, 7) is 3.80. The van der Waals surface area contributed by atoms with Crippen LogP contribution in [0.5, 0.6) is 0 Å². The van der Waals surface area contributed by atoms with Crippen molar-refractivity contribution in [2.75, 3.05) is 0 Å². The summed E-state index contributed by atoms with van der Waals surface area (Å²) in [5.41, 5.74) is 1.09. The van der Waals surface area contributed by atoms with Crippen molar-refractivity contribution >= 4 is 5.69 Å². The first-order valence-corrected chi connectivity index (χ1v) is 5.88. The smallest absolute Gasteiger partial charge is 0.313 e. The zero-order valence-electron chi connectivity index (χ0n) is 10.5. The van der Waals surface area contributed by atoms with Crippen molar-refractivity contribution in [2.24, 2.45) is 7.05 Å². The molecule has 0 radical (unpaired) electrons. The molecule has 0 aliphatic rings. The van der Waals surface area contributed by atoms with Crippen LogP contribution in [0, 0.1) is 10.1 Å². The molecular weight excluding hydrogens is 222 g/mol. The Morgan fingerprint density at radius 2 is 2.18 bits per heavy atom. The molecule has 17 heavy (non-hydrogen) atoms. The van der Waals surface area contributed by atoms with Gasteiger partial charge in [0.15, 0.2) is 0 Å². The summed E-state index contributed by atoms with van der Waals surface area (Å²) in [6.07, 6.45) is 1.70. The van der Waals surface area contributed by atoms with E-state index < -0.39 is 11.0 Å². The number of hydrogen-bond donors (Lipinski definition) is 1. The first-order valence-electron chi connectivity index (χ1n) is 5.88. The minimum atomic E-state index is -0.557. The number of hydrogen-bond acceptors (Lipinski definition) is 4. The Morgan fingerprint density at radius 3 is 2.65 bits per heavy atom. The summed E-state index contributed by atoms with van der Waals surface area (Å²) in [5, 5.41) is 24.9. The van der Waals surface area contributed by atoms with E-state index in [1.54, 1.807) is 7.05 Å². The number of nitro groups is 1. The Kier molecular flexibility index (Phi) is 4.62. The molecule has 1 N–H and O–H groups in total. The van der Waals surface area contributed by atoms with Crippen molar-refractivity contribution < 1.29 is 10.0 Å². The number of aryl methyl sites for hydroxylation is 2. The molecule has 6 nitrogen and oxygen atoms in total. The fourth-order valence-electron chi connectivity index (χ4n) is 1.82. The second-order valence-electron chi connectivity index (χ2n) is 4.14. The fourth-order valence-corrected chi connectivity index (χ4v) is 1.82. The summed E-state index contributed by atoms with van der Waals surface area (Å²) in [7, 11) is 1.68. The van der Waals surface area contributed by atoms with Gasteiger partial charge in [-0.25, -0.2) is 0 Å². The average molecular weight is 241 g/mol. The van der Waals surface area contributed by atoms with E-state index in [-0.39, 0.29) is 12.1 Å². The van der Waals surface area contributed by atoms with E-state index >= 15 is 0 Å². The minimum absolute atomic E-state index is 0.0712. The Hall–Kier alpha value is -1.43. The van der Waals surface area contributed by atoms with Crippen molar-refractivity contribution in [1.82, 2.24) is 9.78 Å². The van der Waals surface area contributed by atoms with Crippen LogP contribution in [-0.4, -0.2) is 25.9 Å². The highest BCUT2D eigenvalue weighted by molar-refractivity contribution is 5.41. The van der Waals surface area contributed by atoms with Crippen LogP contribution >= 0.6 is 0 Å². The van der Waals surface area contributed by atoms with Crippen LogP contribution in [0.15, 0.2) is 0 Å². The lowest BCUT2D eigenvalue weighted by atomic mass is 10.1. The molecule has 96 valence electrons. The zero-order chi connectivity index (χ0) is 13.0. The van der Waals surface area contributed by atoms with Gasteiger partial charge >= 0.3 is 5.69 Å². The molecule has 6 heteroatoms. The Labute approximate surface area is 100 Å². The quantitative estimate of drug-likeness (QED) is 0.605. The topological polar surface area (TPSA) is 81.2 Å². The highest BCUT2D eigenvalue weighted by atomic mass is 16.6. The van der Waals surface area contributed by atoms with Crippen molar-refractivity contribution in [2.45, 2.75) is 45.6 Å². The second-order valence-corrected chi connectivity index (χ2v) is 4.14. The highest BCUT2D eigenvalue weighted by Gasteiger charge is 2.26. The third-order valence-corrected chi connectivity index (χ3v) is 2.78. The molecule has 1 aromatic heterocycles. The Morgan fingerprint density at radius 1 is 1.53 bits per heavy atom. The van der Waals surface area contributed by atoms with E-state index in [1.807, 2.05) is 13.8 Å². The van der Waals surface area contributed by atoms with Gasteiger partial charge in [-0.15, -0.1) is 0 Å². The van der Waals surface area contributed by atoms with Gasteiger partial charge in [0.2, 0.25) is 0 Å². The highest BCUT2D eigenvalue weighted by Crippen LogP contribution is 2.25. The van der Waals surface area contributed by atoms with Crippen LogP contribution in [0.3, 0.4) is 0 Å². The van der Waals surface area contributed by atoms with Crippen LogP contribution in [0.25, 0.3) is 0 Å². The van der Waals surface area contributed by atoms with Gasteiger partial charge in [-0.3, -0.25) is 14.8 Å². The van der Waals surface area contributed by atoms with Crippen LogP contribution in [0.2, 0.25) is 0 Å². The molecule has 0 amide bonds. The molecular formula is C11H19N3O3. The van der Waals surface area contributed by atoms with Crippen molar-refractivity contribution in [1.29, 1.82) is 0 Å². The van der Waals surface area contributed by atoms with Gasteiger partial charge < -0.3 is 5.11 Å². The molecule has 0 spiro atoms. The summed E-state index contributed by atoms with van der Waals surface area (Å²) in [4.78, 5) is 10.7. The molecule has 1 atom stereocenters. The van der Waals surface area contributed by atoms with Gasteiger partial charge in [0.1, 0.15) is 11.4 Å². The molecule has 1 rings (SSSR count). The Bertz CT molecular complexity index is 401. The van der Waals surface area contributed by atoms with Crippen LogP contribution in [0.1, 0.15) is 38.1 Å². The van der Waals surface area contributed by atoms with E-state index in [9.17, 15) is 15.2 Å². The van der Waals surface area contributed by atoms with Crippen LogP contribution in [0.4, 0.5) is 5.69 Å². The predicted molar refractivity (Wildman–Crippen MR) is 63.9 cm³/mol. The molecule has 0 saturated carbocycles. The SMILES string of the molecule is CCCc1nn(C)c(CC(O)CC)c1[N+](=O)[O-]. The van der Waals surface area contributed by atoms with E-state index in [0.29, 0.717) is 24.2 Å². The van der Waals surface area contributed by atoms with Gasteiger partial charge in [-0.2, -0.15) is 5.10 Å². The summed E-state index contributed by atoms with van der Waals surface area (Å²) >= 11 is 0. The zero-order valence-corrected chi connectivity index (χ0v) is 10.5. The fraction of sp³-hybridized carbons (Fsp3) is 0.727. The predicted octanol–water partition coefficient (Wildman–Crippen LogP) is 1.59. The van der Waals surface area contributed by atoms with Crippen molar-refractivity contribution in [3.63, 3.8) is 0 Å². The van der Waals surface area contributed by atoms with Gasteiger partial charge in [-0.1, -0.05) is 20.3 Å². The van der Waals surface area contributed by atoms with Gasteiger partial charge in [0.05, 0.1) is 11.0 Å². The number of nitrogens with zero attached hydrogens (tertiary/aromatic N) is 3. The molecule has 1 aromatic rings. The van der Waals surface area contributed by atoms with Gasteiger partial charge in [0.25, 0.3) is 0 Å². The van der Waals surface area contributed by atoms with Gasteiger partial charge in [0, 0.05) is 13.5 Å². The van der Waals surface area contributed by atoms with Gasteiger partial charge in [-0.05, 0) is 12.8 Å². The standard InChI is InChI=1S/C11H19N3O3/c1-4-6-9-11(14(16)17)10(13(3)12-9)7-8(15)5-2/h8,15H,4-7H2,1-3H3. The van der Waals surface area contributed by atoms with E-state index in [2.05, 4.69) is 5.10 Å². The molecule has 0 aliphatic carbocycles. The maximum absolute atomic E-state index is 11.1. The summed E-state index contributed by atoms with van der Waals surface area (Å²) in [6, 6.07) is 0. The normalized spacial score (nSPS) is 12.7. The third kappa shape index (κ3) is 3.03. The minimum Gasteiger partial charge on any atom is -0.393 e. The van der Waals surface area contributed by atoms with E-state index in [4.69, 9.17) is 0 Å². The molecule has 0 aliphatic heterocycles. The molecule has 0 fully saturated rings. The van der Waals surface area contributed by atoms with Crippen molar-refractivity contribution in [3.05, 3.63) is 21.5 Å². The summed E-state index contributed by atoms with van der Waals surface area (Å²) < 4.78 is 1.52. The van der Waals surface area contributed by atoms with Crippen LogP contribution < -0.4 is 0 Å². The number of aromatic nitrogens is 2. The molecule has 0 bridgehead atoms. The van der Waals surface area contributed by atoms with Crippen LogP contribution in [-0.2, 0) is 19.9 Å². The third-order valence-electron chi connectivity index (χ3n) is 2.78. The molecule has 0 saturated heterocycles. The lowest BCUT2D eigenvalue weighted by molar-refractivity contribution is -0.386.